The molecule has 1 atom stereocenters. The molecule has 0 bridgehead atoms. The van der Waals surface area contributed by atoms with Crippen LogP contribution in [0.1, 0.15) is 38.7 Å². The molecule has 2 rings (SSSR count). The first-order valence-corrected chi connectivity index (χ1v) is 11.6. The van der Waals surface area contributed by atoms with Crippen LogP contribution in [0.5, 0.6) is 0 Å². The maximum Gasteiger partial charge on any atom is 0.191 e. The predicted molar refractivity (Wildman–Crippen MR) is 111 cm³/mol. The summed E-state index contributed by atoms with van der Waals surface area (Å²) in [5, 5.41) is 6.64. The minimum Gasteiger partial charge on any atom is -0.381 e. The van der Waals surface area contributed by atoms with Crippen LogP contribution in [0.3, 0.4) is 0 Å². The van der Waals surface area contributed by atoms with Crippen molar-refractivity contribution in [1.82, 2.24) is 10.6 Å². The monoisotopic (exact) mass is 395 g/mol. The van der Waals surface area contributed by atoms with E-state index in [1.165, 1.54) is 11.8 Å². The fourth-order valence-electron chi connectivity index (χ4n) is 3.27. The molecule has 1 aromatic rings. The van der Waals surface area contributed by atoms with Crippen LogP contribution in [0.25, 0.3) is 0 Å². The molecule has 1 aromatic carbocycles. The molecule has 152 valence electrons. The van der Waals surface area contributed by atoms with Gasteiger partial charge < -0.3 is 15.4 Å². The van der Waals surface area contributed by atoms with Crippen LogP contribution < -0.4 is 10.6 Å². The lowest BCUT2D eigenvalue weighted by molar-refractivity contribution is 0.0768. The van der Waals surface area contributed by atoms with Gasteiger partial charge in [0.2, 0.25) is 0 Å². The smallest absolute Gasteiger partial charge is 0.191 e. The van der Waals surface area contributed by atoms with Crippen molar-refractivity contribution in [2.45, 2.75) is 50.3 Å². The third-order valence-corrected chi connectivity index (χ3v) is 7.26. The normalized spacial score (nSPS) is 18.7. The first-order chi connectivity index (χ1) is 12.9. The van der Waals surface area contributed by atoms with Crippen LogP contribution >= 0.6 is 0 Å². The van der Waals surface area contributed by atoms with Crippen LogP contribution in [0, 0.1) is 0 Å². The highest BCUT2D eigenvalue weighted by Gasteiger charge is 2.42. The van der Waals surface area contributed by atoms with E-state index in [0.717, 1.165) is 19.4 Å². The molecule has 0 spiro atoms. The minimum absolute atomic E-state index is 0.229. The Hall–Kier alpha value is -1.60. The van der Waals surface area contributed by atoms with Crippen molar-refractivity contribution < 1.29 is 13.2 Å². The minimum atomic E-state index is -3.22. The molecule has 7 heteroatoms. The summed E-state index contributed by atoms with van der Waals surface area (Å²) in [7, 11) is -3.22. The van der Waals surface area contributed by atoms with Gasteiger partial charge in [-0.15, -0.1) is 0 Å². The Labute approximate surface area is 163 Å². The van der Waals surface area contributed by atoms with Crippen molar-refractivity contribution in [1.29, 1.82) is 0 Å². The maximum atomic E-state index is 12.4. The van der Waals surface area contributed by atoms with Gasteiger partial charge in [0.25, 0.3) is 0 Å². The van der Waals surface area contributed by atoms with Crippen LogP contribution in [0.2, 0.25) is 0 Å². The zero-order valence-electron chi connectivity index (χ0n) is 16.7. The number of aliphatic imine (C=N–C) groups is 1. The van der Waals surface area contributed by atoms with E-state index in [4.69, 9.17) is 4.74 Å². The lowest BCUT2D eigenvalue weighted by Crippen LogP contribution is -2.48. The molecule has 0 saturated carbocycles. The van der Waals surface area contributed by atoms with Gasteiger partial charge in [0.1, 0.15) is 0 Å². The van der Waals surface area contributed by atoms with Gasteiger partial charge in [-0.25, -0.2) is 8.42 Å². The molecule has 1 heterocycles. The van der Waals surface area contributed by atoms with Crippen molar-refractivity contribution >= 4 is 15.8 Å². The largest absolute Gasteiger partial charge is 0.381 e. The average molecular weight is 396 g/mol. The number of aryl methyl sites for hydroxylation is 1. The number of nitrogens with zero attached hydrogens (tertiary/aromatic N) is 1. The van der Waals surface area contributed by atoms with Crippen LogP contribution in [0.4, 0.5) is 0 Å². The molecule has 1 aliphatic rings. The first kappa shape index (κ1) is 21.7. The summed E-state index contributed by atoms with van der Waals surface area (Å²) in [6.45, 7) is 6.06. The molecule has 6 nitrogen and oxygen atoms in total. The number of benzene rings is 1. The number of sulfone groups is 1. The Bertz CT molecular complexity index is 698. The molecule has 0 aromatic heterocycles. The first-order valence-electron chi connectivity index (χ1n) is 9.72. The summed E-state index contributed by atoms with van der Waals surface area (Å²) >= 11 is 0. The Balaban J connectivity index is 1.99. The molecule has 2 N–H and O–H groups in total. The number of hydrogen-bond acceptors (Lipinski definition) is 4. The third-order valence-electron chi connectivity index (χ3n) is 5.15. The van der Waals surface area contributed by atoms with Gasteiger partial charge in [0.05, 0.1) is 11.3 Å². The molecule has 0 amide bonds. The van der Waals surface area contributed by atoms with Gasteiger partial charge in [0, 0.05) is 32.1 Å². The summed E-state index contributed by atoms with van der Waals surface area (Å²) in [6, 6.07) is 10.6. The van der Waals surface area contributed by atoms with Crippen LogP contribution in [0.15, 0.2) is 35.3 Å². The molecule has 1 fully saturated rings. The topological polar surface area (TPSA) is 79.8 Å². The Morgan fingerprint density at radius 1 is 1.26 bits per heavy atom. The van der Waals surface area contributed by atoms with Gasteiger partial charge in [0.15, 0.2) is 15.8 Å². The van der Waals surface area contributed by atoms with E-state index in [2.05, 4.69) is 46.8 Å². The van der Waals surface area contributed by atoms with E-state index in [1.54, 1.807) is 0 Å². The molecule has 1 unspecified atom stereocenters. The second-order valence-electron chi connectivity index (χ2n) is 7.33. The van der Waals surface area contributed by atoms with Gasteiger partial charge in [-0.3, -0.25) is 4.99 Å². The SMILES string of the molecule is CCNC(=NCC1(S(C)(=O)=O)CCOCC1)NC(C)CCc1ccccc1. The fourth-order valence-corrected chi connectivity index (χ4v) is 4.47. The standard InChI is InChI=1S/C20H33N3O3S/c1-4-21-19(23-17(2)10-11-18-8-6-5-7-9-18)22-16-20(27(3,24)25)12-14-26-15-13-20/h5-9,17H,4,10-16H2,1-3H3,(H2,21,22,23). The summed E-state index contributed by atoms with van der Waals surface area (Å²) in [6.07, 6.45) is 4.27. The fraction of sp³-hybridized carbons (Fsp3) is 0.650. The molecule has 0 aliphatic carbocycles. The second-order valence-corrected chi connectivity index (χ2v) is 9.74. The zero-order chi connectivity index (χ0) is 19.8. The number of guanidine groups is 1. The van der Waals surface area contributed by atoms with E-state index in [1.807, 2.05) is 13.0 Å². The average Bonchev–Trinajstić information content (AvgIpc) is 2.65. The molecule has 0 radical (unpaired) electrons. The van der Waals surface area contributed by atoms with E-state index in [-0.39, 0.29) is 12.6 Å². The van der Waals surface area contributed by atoms with E-state index >= 15 is 0 Å². The molecule has 27 heavy (non-hydrogen) atoms. The Kier molecular flexibility index (Phi) is 8.10. The van der Waals surface area contributed by atoms with Crippen molar-refractivity contribution in [3.05, 3.63) is 35.9 Å². The Morgan fingerprint density at radius 2 is 1.93 bits per heavy atom. The number of rotatable bonds is 8. The zero-order valence-corrected chi connectivity index (χ0v) is 17.5. The number of ether oxygens (including phenoxy) is 1. The summed E-state index contributed by atoms with van der Waals surface area (Å²) in [5.74, 6) is 0.674. The second kappa shape index (κ2) is 10.1. The highest BCUT2D eigenvalue weighted by atomic mass is 32.2. The lowest BCUT2D eigenvalue weighted by Gasteiger charge is -2.34. The quantitative estimate of drug-likeness (QED) is 0.521. The lowest BCUT2D eigenvalue weighted by atomic mass is 9.99. The number of nitrogens with one attached hydrogen (secondary N) is 2. The van der Waals surface area contributed by atoms with Gasteiger partial charge in [-0.2, -0.15) is 0 Å². The third kappa shape index (κ3) is 6.50. The van der Waals surface area contributed by atoms with E-state index in [9.17, 15) is 8.42 Å². The van der Waals surface area contributed by atoms with Gasteiger partial charge in [-0.1, -0.05) is 30.3 Å². The molecule has 1 saturated heterocycles. The van der Waals surface area contributed by atoms with E-state index < -0.39 is 14.6 Å². The van der Waals surface area contributed by atoms with Crippen molar-refractivity contribution in [2.75, 3.05) is 32.6 Å². The highest BCUT2D eigenvalue weighted by Crippen LogP contribution is 2.29. The van der Waals surface area contributed by atoms with Crippen molar-refractivity contribution in [2.24, 2.45) is 4.99 Å². The van der Waals surface area contributed by atoms with E-state index in [0.29, 0.717) is 32.0 Å². The summed E-state index contributed by atoms with van der Waals surface area (Å²) in [5.41, 5.74) is 1.31. The number of hydrogen-bond donors (Lipinski definition) is 2. The predicted octanol–water partition coefficient (Wildman–Crippen LogP) is 2.16. The Morgan fingerprint density at radius 3 is 2.52 bits per heavy atom. The summed E-state index contributed by atoms with van der Waals surface area (Å²) in [4.78, 5) is 4.63. The molecule has 1 aliphatic heterocycles. The van der Waals surface area contributed by atoms with Crippen LogP contribution in [-0.2, 0) is 21.0 Å². The van der Waals surface area contributed by atoms with Gasteiger partial charge >= 0.3 is 0 Å². The maximum absolute atomic E-state index is 12.4. The summed E-state index contributed by atoms with van der Waals surface area (Å²) < 4.78 is 29.3. The van der Waals surface area contributed by atoms with Crippen LogP contribution in [-0.4, -0.2) is 57.7 Å². The van der Waals surface area contributed by atoms with Gasteiger partial charge in [-0.05, 0) is 45.1 Å². The van der Waals surface area contributed by atoms with Crippen molar-refractivity contribution in [3.63, 3.8) is 0 Å². The molecular weight excluding hydrogens is 362 g/mol. The highest BCUT2D eigenvalue weighted by molar-refractivity contribution is 7.92. The van der Waals surface area contributed by atoms with Crippen molar-refractivity contribution in [3.8, 4) is 0 Å². The molecular formula is C20H33N3O3S.